The lowest BCUT2D eigenvalue weighted by atomic mass is 9.71. The zero-order valence-corrected chi connectivity index (χ0v) is 17.8. The SMILES string of the molecule is N#CC(CC1CCC(C(=O)OCCCF)CC1)C1CCC(C(=O)OCCCF)CC1. The maximum Gasteiger partial charge on any atom is 0.308 e. The first kappa shape index (κ1) is 24.6. The van der Waals surface area contributed by atoms with Gasteiger partial charge in [0.05, 0.1) is 44.5 Å². The number of nitriles is 1. The summed E-state index contributed by atoms with van der Waals surface area (Å²) < 4.78 is 34.5. The fourth-order valence-corrected chi connectivity index (χ4v) is 4.79. The lowest BCUT2D eigenvalue weighted by Crippen LogP contribution is -2.29. The Morgan fingerprint density at radius 3 is 1.73 bits per heavy atom. The topological polar surface area (TPSA) is 76.4 Å². The van der Waals surface area contributed by atoms with E-state index in [9.17, 15) is 23.6 Å². The molecule has 2 aliphatic rings. The highest BCUT2D eigenvalue weighted by molar-refractivity contribution is 5.72. The van der Waals surface area contributed by atoms with Crippen molar-refractivity contribution in [1.82, 2.24) is 0 Å². The number of nitrogens with zero attached hydrogens (tertiary/aromatic N) is 1. The van der Waals surface area contributed by atoms with Crippen LogP contribution < -0.4 is 0 Å². The van der Waals surface area contributed by atoms with Crippen molar-refractivity contribution in [3.05, 3.63) is 0 Å². The minimum Gasteiger partial charge on any atom is -0.465 e. The summed E-state index contributed by atoms with van der Waals surface area (Å²) >= 11 is 0. The first-order valence-electron chi connectivity index (χ1n) is 11.4. The molecule has 0 aromatic carbocycles. The standard InChI is InChI=1S/C23H35F2NO4/c24-11-1-13-29-22(27)19-5-3-17(4-6-19)15-21(16-26)18-7-9-20(10-8-18)23(28)30-14-2-12-25/h17-21H,1-15H2. The van der Waals surface area contributed by atoms with Crippen LogP contribution in [0.4, 0.5) is 8.78 Å². The monoisotopic (exact) mass is 427 g/mol. The number of halogens is 2. The Morgan fingerprint density at radius 1 is 0.833 bits per heavy atom. The zero-order chi connectivity index (χ0) is 21.8. The van der Waals surface area contributed by atoms with Crippen molar-refractivity contribution in [2.75, 3.05) is 26.6 Å². The largest absolute Gasteiger partial charge is 0.465 e. The molecule has 1 unspecified atom stereocenters. The summed E-state index contributed by atoms with van der Waals surface area (Å²) in [6, 6.07) is 2.49. The summed E-state index contributed by atoms with van der Waals surface area (Å²) in [7, 11) is 0. The minimum atomic E-state index is -0.480. The minimum absolute atomic E-state index is 0.0217. The molecule has 2 aliphatic carbocycles. The van der Waals surface area contributed by atoms with Crippen molar-refractivity contribution in [3.8, 4) is 6.07 Å². The van der Waals surface area contributed by atoms with E-state index in [1.54, 1.807) is 0 Å². The van der Waals surface area contributed by atoms with Crippen LogP contribution in [-0.4, -0.2) is 38.5 Å². The fraction of sp³-hybridized carbons (Fsp3) is 0.870. The predicted octanol–water partition coefficient (Wildman–Crippen LogP) is 4.93. The summed E-state index contributed by atoms with van der Waals surface area (Å²) in [4.78, 5) is 24.1. The molecule has 0 heterocycles. The lowest BCUT2D eigenvalue weighted by molar-refractivity contribution is -0.151. The first-order valence-corrected chi connectivity index (χ1v) is 11.4. The van der Waals surface area contributed by atoms with Crippen molar-refractivity contribution in [3.63, 3.8) is 0 Å². The third-order valence-corrected chi connectivity index (χ3v) is 6.65. The van der Waals surface area contributed by atoms with E-state index in [1.807, 2.05) is 0 Å². The van der Waals surface area contributed by atoms with Gasteiger partial charge in [0.15, 0.2) is 0 Å². The number of carbonyl (C=O) groups is 2. The molecule has 0 radical (unpaired) electrons. The maximum absolute atomic E-state index is 12.1. The molecule has 0 spiro atoms. The van der Waals surface area contributed by atoms with E-state index in [2.05, 4.69) is 6.07 Å². The highest BCUT2D eigenvalue weighted by Gasteiger charge is 2.34. The van der Waals surface area contributed by atoms with Gasteiger partial charge in [0.25, 0.3) is 0 Å². The molecule has 0 aromatic rings. The molecule has 0 bridgehead atoms. The highest BCUT2D eigenvalue weighted by Crippen LogP contribution is 2.40. The Labute approximate surface area is 178 Å². The number of ether oxygens (including phenoxy) is 2. The molecule has 0 aromatic heterocycles. The van der Waals surface area contributed by atoms with Gasteiger partial charge in [-0.05, 0) is 69.6 Å². The Kier molecular flexibility index (Phi) is 11.1. The van der Waals surface area contributed by atoms with Gasteiger partial charge >= 0.3 is 11.9 Å². The molecule has 2 fully saturated rings. The molecule has 2 rings (SSSR count). The Hall–Kier alpha value is -1.71. The van der Waals surface area contributed by atoms with Crippen molar-refractivity contribution in [2.24, 2.45) is 29.6 Å². The van der Waals surface area contributed by atoms with Gasteiger partial charge < -0.3 is 9.47 Å². The van der Waals surface area contributed by atoms with Crippen LogP contribution in [0.1, 0.15) is 70.6 Å². The van der Waals surface area contributed by atoms with Crippen molar-refractivity contribution < 1.29 is 27.8 Å². The summed E-state index contributed by atoms with van der Waals surface area (Å²) in [6.45, 7) is -0.663. The molecular weight excluding hydrogens is 392 g/mol. The second-order valence-electron chi connectivity index (χ2n) is 8.72. The van der Waals surface area contributed by atoms with Crippen LogP contribution in [0.25, 0.3) is 0 Å². The second kappa shape index (κ2) is 13.6. The van der Waals surface area contributed by atoms with E-state index in [1.165, 1.54) is 0 Å². The van der Waals surface area contributed by atoms with Gasteiger partial charge in [-0.1, -0.05) is 0 Å². The Morgan fingerprint density at radius 2 is 1.30 bits per heavy atom. The molecule has 0 saturated heterocycles. The van der Waals surface area contributed by atoms with Crippen LogP contribution in [0, 0.1) is 40.9 Å². The number of esters is 2. The van der Waals surface area contributed by atoms with Crippen LogP contribution >= 0.6 is 0 Å². The number of hydrogen-bond acceptors (Lipinski definition) is 5. The van der Waals surface area contributed by atoms with E-state index in [0.29, 0.717) is 11.8 Å². The third-order valence-electron chi connectivity index (χ3n) is 6.65. The molecular formula is C23H35F2NO4. The van der Waals surface area contributed by atoms with Crippen LogP contribution in [0.5, 0.6) is 0 Å². The summed E-state index contributed by atoms with van der Waals surface area (Å²) in [5.74, 6) is 0.0506. The number of rotatable bonds is 11. The van der Waals surface area contributed by atoms with E-state index in [4.69, 9.17) is 9.47 Å². The Balaban J connectivity index is 1.70. The van der Waals surface area contributed by atoms with Gasteiger partial charge in [-0.2, -0.15) is 5.26 Å². The van der Waals surface area contributed by atoms with E-state index >= 15 is 0 Å². The number of carbonyl (C=O) groups excluding carboxylic acids is 2. The van der Waals surface area contributed by atoms with Gasteiger partial charge in [0, 0.05) is 18.8 Å². The summed E-state index contributed by atoms with van der Waals surface area (Å²) in [5, 5.41) is 9.71. The van der Waals surface area contributed by atoms with Gasteiger partial charge in [0.2, 0.25) is 0 Å². The number of hydrogen-bond donors (Lipinski definition) is 0. The van der Waals surface area contributed by atoms with Crippen molar-refractivity contribution in [2.45, 2.75) is 70.6 Å². The van der Waals surface area contributed by atoms with Gasteiger partial charge in [-0.15, -0.1) is 0 Å². The molecule has 1 atom stereocenters. The molecule has 0 aliphatic heterocycles. The quantitative estimate of drug-likeness (QED) is 0.345. The number of alkyl halides is 2. The van der Waals surface area contributed by atoms with E-state index in [0.717, 1.165) is 57.8 Å². The maximum atomic E-state index is 12.1. The summed E-state index contributed by atoms with van der Waals surface area (Å²) in [5.41, 5.74) is 0. The van der Waals surface area contributed by atoms with Crippen LogP contribution in [0.2, 0.25) is 0 Å². The van der Waals surface area contributed by atoms with Gasteiger partial charge in [0.1, 0.15) is 0 Å². The second-order valence-corrected chi connectivity index (χ2v) is 8.72. The average molecular weight is 428 g/mol. The summed E-state index contributed by atoms with van der Waals surface area (Å²) in [6.07, 6.45) is 7.87. The molecule has 170 valence electrons. The molecule has 30 heavy (non-hydrogen) atoms. The van der Waals surface area contributed by atoms with Crippen LogP contribution in [-0.2, 0) is 19.1 Å². The van der Waals surface area contributed by atoms with E-state index < -0.39 is 13.3 Å². The molecule has 5 nitrogen and oxygen atoms in total. The first-order chi connectivity index (χ1) is 14.6. The van der Waals surface area contributed by atoms with Crippen molar-refractivity contribution in [1.29, 1.82) is 5.26 Å². The van der Waals surface area contributed by atoms with Gasteiger partial charge in [-0.3, -0.25) is 18.4 Å². The average Bonchev–Trinajstić information content (AvgIpc) is 2.78. The van der Waals surface area contributed by atoms with Crippen LogP contribution in [0.15, 0.2) is 0 Å². The zero-order valence-electron chi connectivity index (χ0n) is 17.8. The van der Waals surface area contributed by atoms with Crippen molar-refractivity contribution >= 4 is 11.9 Å². The lowest BCUT2D eigenvalue weighted by Gasteiger charge is -2.33. The molecule has 2 saturated carbocycles. The third kappa shape index (κ3) is 7.85. The molecule has 7 heteroatoms. The normalized spacial score (nSPS) is 27.6. The van der Waals surface area contributed by atoms with E-state index in [-0.39, 0.29) is 55.7 Å². The Bertz CT molecular complexity index is 564. The van der Waals surface area contributed by atoms with Crippen LogP contribution in [0.3, 0.4) is 0 Å². The highest BCUT2D eigenvalue weighted by atomic mass is 19.1. The fourth-order valence-electron chi connectivity index (χ4n) is 4.79. The predicted molar refractivity (Wildman–Crippen MR) is 108 cm³/mol. The smallest absolute Gasteiger partial charge is 0.308 e. The molecule has 0 N–H and O–H groups in total. The molecule has 0 amide bonds. The van der Waals surface area contributed by atoms with Gasteiger partial charge in [-0.25, -0.2) is 0 Å².